The highest BCUT2D eigenvalue weighted by Gasteiger charge is 2.24. The second-order valence-electron chi connectivity index (χ2n) is 5.48. The minimum absolute atomic E-state index is 0.465. The summed E-state index contributed by atoms with van der Waals surface area (Å²) in [6.45, 7) is 6.65. The van der Waals surface area contributed by atoms with E-state index in [0.29, 0.717) is 6.04 Å². The van der Waals surface area contributed by atoms with Crippen LogP contribution >= 0.6 is 11.3 Å². The first-order valence-electron chi connectivity index (χ1n) is 7.80. The standard InChI is InChI=1S/C17H23N3S/c1-2-15-6-7-17(21-15)16(20-11-9-18-10-12-20)13-14-5-3-4-8-19-14/h3-8,16,18H,2,9-13H2,1H3. The van der Waals surface area contributed by atoms with Gasteiger partial charge in [0.05, 0.1) is 0 Å². The van der Waals surface area contributed by atoms with Crippen LogP contribution in [0.25, 0.3) is 0 Å². The molecule has 0 bridgehead atoms. The van der Waals surface area contributed by atoms with Crippen LogP contribution in [0.4, 0.5) is 0 Å². The Kier molecular flexibility index (Phi) is 5.01. The molecule has 21 heavy (non-hydrogen) atoms. The van der Waals surface area contributed by atoms with E-state index in [4.69, 9.17) is 0 Å². The van der Waals surface area contributed by atoms with Crippen LogP contribution in [0.3, 0.4) is 0 Å². The fourth-order valence-corrected chi connectivity index (χ4v) is 3.97. The van der Waals surface area contributed by atoms with Crippen molar-refractivity contribution >= 4 is 11.3 Å². The molecule has 1 fully saturated rings. The molecule has 1 atom stereocenters. The summed E-state index contributed by atoms with van der Waals surface area (Å²) in [6, 6.07) is 11.3. The zero-order chi connectivity index (χ0) is 14.5. The van der Waals surface area contributed by atoms with Gasteiger partial charge in [0.1, 0.15) is 0 Å². The number of rotatable bonds is 5. The molecule has 2 aromatic rings. The third kappa shape index (κ3) is 3.70. The van der Waals surface area contributed by atoms with Crippen LogP contribution in [0.5, 0.6) is 0 Å². The van der Waals surface area contributed by atoms with Crippen LogP contribution in [-0.4, -0.2) is 36.1 Å². The van der Waals surface area contributed by atoms with Crippen LogP contribution in [0.1, 0.15) is 28.4 Å². The maximum Gasteiger partial charge on any atom is 0.0498 e. The average Bonchev–Trinajstić information content (AvgIpc) is 3.03. The Hall–Kier alpha value is -1.23. The van der Waals surface area contributed by atoms with E-state index in [1.54, 1.807) is 0 Å². The van der Waals surface area contributed by atoms with E-state index in [1.807, 2.05) is 23.6 Å². The van der Waals surface area contributed by atoms with E-state index in [9.17, 15) is 0 Å². The van der Waals surface area contributed by atoms with Crippen molar-refractivity contribution in [2.45, 2.75) is 25.8 Å². The highest BCUT2D eigenvalue weighted by Crippen LogP contribution is 2.31. The van der Waals surface area contributed by atoms with E-state index >= 15 is 0 Å². The van der Waals surface area contributed by atoms with Gasteiger partial charge < -0.3 is 5.32 Å². The molecule has 1 aliphatic rings. The van der Waals surface area contributed by atoms with Crippen molar-refractivity contribution in [2.75, 3.05) is 26.2 Å². The highest BCUT2D eigenvalue weighted by molar-refractivity contribution is 7.12. The number of hydrogen-bond donors (Lipinski definition) is 1. The molecule has 3 nitrogen and oxygen atoms in total. The molecule has 4 heteroatoms. The van der Waals surface area contributed by atoms with Gasteiger partial charge in [0, 0.05) is 60.3 Å². The van der Waals surface area contributed by atoms with Crippen LogP contribution < -0.4 is 5.32 Å². The monoisotopic (exact) mass is 301 g/mol. The summed E-state index contributed by atoms with van der Waals surface area (Å²) < 4.78 is 0. The molecule has 0 spiro atoms. The summed E-state index contributed by atoms with van der Waals surface area (Å²) in [4.78, 5) is 10.1. The molecule has 0 aliphatic carbocycles. The fraction of sp³-hybridized carbons (Fsp3) is 0.471. The van der Waals surface area contributed by atoms with Gasteiger partial charge in [-0.05, 0) is 30.7 Å². The largest absolute Gasteiger partial charge is 0.314 e. The van der Waals surface area contributed by atoms with Gasteiger partial charge in [-0.25, -0.2) is 0 Å². The lowest BCUT2D eigenvalue weighted by molar-refractivity contribution is 0.174. The minimum Gasteiger partial charge on any atom is -0.314 e. The van der Waals surface area contributed by atoms with Crippen molar-refractivity contribution in [3.8, 4) is 0 Å². The van der Waals surface area contributed by atoms with Crippen molar-refractivity contribution in [1.29, 1.82) is 0 Å². The van der Waals surface area contributed by atoms with Gasteiger partial charge in [0.15, 0.2) is 0 Å². The maximum absolute atomic E-state index is 4.53. The van der Waals surface area contributed by atoms with E-state index in [-0.39, 0.29) is 0 Å². The van der Waals surface area contributed by atoms with Gasteiger partial charge in [-0.3, -0.25) is 9.88 Å². The quantitative estimate of drug-likeness (QED) is 0.920. The summed E-state index contributed by atoms with van der Waals surface area (Å²) in [7, 11) is 0. The van der Waals surface area contributed by atoms with Gasteiger partial charge in [-0.15, -0.1) is 11.3 Å². The molecule has 112 valence electrons. The molecule has 1 unspecified atom stereocenters. The van der Waals surface area contributed by atoms with Gasteiger partial charge in [0.2, 0.25) is 0 Å². The molecule has 3 heterocycles. The minimum atomic E-state index is 0.465. The van der Waals surface area contributed by atoms with Gasteiger partial charge in [-0.1, -0.05) is 13.0 Å². The summed E-state index contributed by atoms with van der Waals surface area (Å²) in [5.41, 5.74) is 1.19. The molecule has 3 rings (SSSR count). The summed E-state index contributed by atoms with van der Waals surface area (Å²) in [5, 5.41) is 3.45. The van der Waals surface area contributed by atoms with E-state index in [0.717, 1.165) is 39.0 Å². The first-order valence-corrected chi connectivity index (χ1v) is 8.61. The number of aromatic nitrogens is 1. The lowest BCUT2D eigenvalue weighted by Gasteiger charge is -2.34. The Morgan fingerprint density at radius 1 is 1.24 bits per heavy atom. The van der Waals surface area contributed by atoms with E-state index in [1.165, 1.54) is 15.4 Å². The molecular weight excluding hydrogens is 278 g/mol. The second-order valence-corrected chi connectivity index (χ2v) is 6.68. The molecule has 0 aromatic carbocycles. The molecule has 1 aliphatic heterocycles. The zero-order valence-corrected chi connectivity index (χ0v) is 13.4. The smallest absolute Gasteiger partial charge is 0.0498 e. The van der Waals surface area contributed by atoms with Crippen molar-refractivity contribution in [1.82, 2.24) is 15.2 Å². The van der Waals surface area contributed by atoms with E-state index in [2.05, 4.69) is 46.4 Å². The van der Waals surface area contributed by atoms with Crippen molar-refractivity contribution in [3.05, 3.63) is 52.0 Å². The fourth-order valence-electron chi connectivity index (χ4n) is 2.88. The topological polar surface area (TPSA) is 28.2 Å². The van der Waals surface area contributed by atoms with Crippen molar-refractivity contribution in [3.63, 3.8) is 0 Å². The molecule has 1 N–H and O–H groups in total. The first-order chi connectivity index (χ1) is 10.4. The number of pyridine rings is 1. The van der Waals surface area contributed by atoms with Crippen molar-refractivity contribution < 1.29 is 0 Å². The summed E-state index contributed by atoms with van der Waals surface area (Å²) in [6.07, 6.45) is 4.03. The molecule has 2 aromatic heterocycles. The SMILES string of the molecule is CCc1ccc(C(Cc2ccccn2)N2CCNCC2)s1. The predicted molar refractivity (Wildman–Crippen MR) is 88.8 cm³/mol. The first kappa shape index (κ1) is 14.7. The number of piperazine rings is 1. The van der Waals surface area contributed by atoms with Crippen LogP contribution in [0, 0.1) is 0 Å². The highest BCUT2D eigenvalue weighted by atomic mass is 32.1. The predicted octanol–water partition coefficient (Wildman–Crippen LogP) is 2.89. The van der Waals surface area contributed by atoms with Crippen LogP contribution in [0.15, 0.2) is 36.5 Å². The number of aryl methyl sites for hydroxylation is 1. The normalized spacial score (nSPS) is 17.8. The lowest BCUT2D eigenvalue weighted by Crippen LogP contribution is -2.45. The maximum atomic E-state index is 4.53. The van der Waals surface area contributed by atoms with E-state index < -0.39 is 0 Å². The number of thiophene rings is 1. The molecule has 0 saturated carbocycles. The Balaban J connectivity index is 1.82. The third-order valence-electron chi connectivity index (χ3n) is 4.08. The lowest BCUT2D eigenvalue weighted by atomic mass is 10.1. The number of hydrogen-bond acceptors (Lipinski definition) is 4. The Bertz CT molecular complexity index is 546. The molecule has 1 saturated heterocycles. The number of nitrogens with zero attached hydrogens (tertiary/aromatic N) is 2. The van der Waals surface area contributed by atoms with Gasteiger partial charge in [-0.2, -0.15) is 0 Å². The van der Waals surface area contributed by atoms with Crippen molar-refractivity contribution in [2.24, 2.45) is 0 Å². The molecule has 0 amide bonds. The Morgan fingerprint density at radius 2 is 2.10 bits per heavy atom. The third-order valence-corrected chi connectivity index (χ3v) is 5.41. The zero-order valence-electron chi connectivity index (χ0n) is 12.6. The number of nitrogens with one attached hydrogen (secondary N) is 1. The Labute approximate surface area is 131 Å². The summed E-state index contributed by atoms with van der Waals surface area (Å²) in [5.74, 6) is 0. The van der Waals surface area contributed by atoms with Crippen LogP contribution in [0.2, 0.25) is 0 Å². The summed E-state index contributed by atoms with van der Waals surface area (Å²) >= 11 is 1.96. The molecule has 0 radical (unpaired) electrons. The Morgan fingerprint density at radius 3 is 2.76 bits per heavy atom. The average molecular weight is 301 g/mol. The van der Waals surface area contributed by atoms with Crippen LogP contribution in [-0.2, 0) is 12.8 Å². The molecular formula is C17H23N3S. The van der Waals surface area contributed by atoms with Gasteiger partial charge in [0.25, 0.3) is 0 Å². The second kappa shape index (κ2) is 7.16. The van der Waals surface area contributed by atoms with Gasteiger partial charge >= 0.3 is 0 Å².